The predicted molar refractivity (Wildman–Crippen MR) is 60.9 cm³/mol. The highest BCUT2D eigenvalue weighted by atomic mass is 35.5. The van der Waals surface area contributed by atoms with Gasteiger partial charge in [-0.25, -0.2) is 0 Å². The molecule has 2 aliphatic rings. The second-order valence-electron chi connectivity index (χ2n) is 4.17. The second-order valence-corrected chi connectivity index (χ2v) is 4.17. The van der Waals surface area contributed by atoms with Crippen molar-refractivity contribution in [2.45, 2.75) is 25.7 Å². The van der Waals surface area contributed by atoms with Gasteiger partial charge in [-0.1, -0.05) is 6.42 Å². The molecule has 0 unspecified atom stereocenters. The summed E-state index contributed by atoms with van der Waals surface area (Å²) >= 11 is 0. The molecule has 0 aromatic heterocycles. The second kappa shape index (κ2) is 5.40. The van der Waals surface area contributed by atoms with Crippen LogP contribution in [-0.2, 0) is 0 Å². The molecule has 1 aliphatic carbocycles. The molecule has 1 heterocycles. The summed E-state index contributed by atoms with van der Waals surface area (Å²) in [5, 5.41) is 0. The minimum absolute atomic E-state index is 0. The summed E-state index contributed by atoms with van der Waals surface area (Å²) in [7, 11) is 0. The van der Waals surface area contributed by atoms with Crippen LogP contribution in [0.15, 0.2) is 0 Å². The Morgan fingerprint density at radius 1 is 1.15 bits per heavy atom. The van der Waals surface area contributed by atoms with Gasteiger partial charge in [0.15, 0.2) is 0 Å². The third kappa shape index (κ3) is 2.72. The molecule has 0 amide bonds. The van der Waals surface area contributed by atoms with E-state index < -0.39 is 0 Å². The standard InChI is InChI=1S/C9H18N2.2ClH/c10-5-7-11-6-4-9(8-11)2-1-3-9;;/h1-8,10H2;2*1H. The Hall–Kier alpha value is 0.500. The number of hydrogen-bond acceptors (Lipinski definition) is 2. The summed E-state index contributed by atoms with van der Waals surface area (Å²) in [5.41, 5.74) is 6.27. The van der Waals surface area contributed by atoms with Crippen molar-refractivity contribution in [2.24, 2.45) is 11.1 Å². The highest BCUT2D eigenvalue weighted by Crippen LogP contribution is 2.47. The zero-order chi connectivity index (χ0) is 7.73. The van der Waals surface area contributed by atoms with Crippen LogP contribution in [0.1, 0.15) is 25.7 Å². The van der Waals surface area contributed by atoms with Gasteiger partial charge < -0.3 is 10.6 Å². The van der Waals surface area contributed by atoms with Crippen molar-refractivity contribution < 1.29 is 0 Å². The number of nitrogens with zero attached hydrogens (tertiary/aromatic N) is 1. The van der Waals surface area contributed by atoms with E-state index in [1.165, 1.54) is 38.8 Å². The fourth-order valence-corrected chi connectivity index (χ4v) is 2.49. The fraction of sp³-hybridized carbons (Fsp3) is 1.00. The van der Waals surface area contributed by atoms with Crippen molar-refractivity contribution in [3.63, 3.8) is 0 Å². The Kier molecular flexibility index (Phi) is 5.61. The first-order chi connectivity index (χ1) is 5.35. The van der Waals surface area contributed by atoms with E-state index in [0.29, 0.717) is 0 Å². The van der Waals surface area contributed by atoms with Gasteiger partial charge in [0.25, 0.3) is 0 Å². The van der Waals surface area contributed by atoms with E-state index in [1.807, 2.05) is 0 Å². The van der Waals surface area contributed by atoms with Gasteiger partial charge in [0.05, 0.1) is 0 Å². The average molecular weight is 227 g/mol. The molecular weight excluding hydrogens is 207 g/mol. The Labute approximate surface area is 93.1 Å². The van der Waals surface area contributed by atoms with Crippen LogP contribution in [0.25, 0.3) is 0 Å². The zero-order valence-corrected chi connectivity index (χ0v) is 9.63. The lowest BCUT2D eigenvalue weighted by Gasteiger charge is -2.38. The summed E-state index contributed by atoms with van der Waals surface area (Å²) in [5.74, 6) is 0. The minimum atomic E-state index is 0. The van der Waals surface area contributed by atoms with Gasteiger partial charge >= 0.3 is 0 Å². The third-order valence-electron chi connectivity index (χ3n) is 3.38. The normalized spacial score (nSPS) is 24.7. The number of hydrogen-bond donors (Lipinski definition) is 1. The van der Waals surface area contributed by atoms with E-state index in [2.05, 4.69) is 4.90 Å². The fourth-order valence-electron chi connectivity index (χ4n) is 2.49. The quantitative estimate of drug-likeness (QED) is 0.777. The van der Waals surface area contributed by atoms with Crippen molar-refractivity contribution in [2.75, 3.05) is 26.2 Å². The van der Waals surface area contributed by atoms with Crippen molar-refractivity contribution >= 4 is 24.8 Å². The van der Waals surface area contributed by atoms with Crippen LogP contribution >= 0.6 is 24.8 Å². The lowest BCUT2D eigenvalue weighted by Crippen LogP contribution is -2.34. The van der Waals surface area contributed by atoms with Gasteiger partial charge in [-0.05, 0) is 31.2 Å². The van der Waals surface area contributed by atoms with Gasteiger partial charge in [0.1, 0.15) is 0 Å². The van der Waals surface area contributed by atoms with Crippen molar-refractivity contribution in [1.29, 1.82) is 0 Å². The Bertz CT molecular complexity index is 149. The van der Waals surface area contributed by atoms with Crippen molar-refractivity contribution in [1.82, 2.24) is 4.90 Å². The molecule has 1 spiro atoms. The summed E-state index contributed by atoms with van der Waals surface area (Å²) in [4.78, 5) is 2.53. The molecule has 0 radical (unpaired) electrons. The molecule has 13 heavy (non-hydrogen) atoms. The monoisotopic (exact) mass is 226 g/mol. The van der Waals surface area contributed by atoms with E-state index in [0.717, 1.165) is 18.5 Å². The summed E-state index contributed by atoms with van der Waals surface area (Å²) < 4.78 is 0. The molecule has 1 aliphatic heterocycles. The molecule has 1 saturated carbocycles. The molecule has 1 saturated heterocycles. The summed E-state index contributed by atoms with van der Waals surface area (Å²) in [6, 6.07) is 0. The topological polar surface area (TPSA) is 29.3 Å². The number of halogens is 2. The largest absolute Gasteiger partial charge is 0.329 e. The number of rotatable bonds is 2. The lowest BCUT2D eigenvalue weighted by atomic mass is 9.68. The van der Waals surface area contributed by atoms with E-state index in [9.17, 15) is 0 Å². The first-order valence-electron chi connectivity index (χ1n) is 4.77. The van der Waals surface area contributed by atoms with Crippen LogP contribution in [0.5, 0.6) is 0 Å². The van der Waals surface area contributed by atoms with Crippen LogP contribution in [0.3, 0.4) is 0 Å². The Morgan fingerprint density at radius 3 is 2.23 bits per heavy atom. The van der Waals surface area contributed by atoms with E-state index in [4.69, 9.17) is 5.73 Å². The Balaban J connectivity index is 0.000000720. The first kappa shape index (κ1) is 13.5. The van der Waals surface area contributed by atoms with Crippen LogP contribution in [0.2, 0.25) is 0 Å². The highest BCUT2D eigenvalue weighted by Gasteiger charge is 2.42. The molecule has 2 nitrogen and oxygen atoms in total. The Morgan fingerprint density at radius 2 is 1.85 bits per heavy atom. The molecule has 0 bridgehead atoms. The molecule has 80 valence electrons. The molecular formula is C9H20Cl2N2. The van der Waals surface area contributed by atoms with E-state index in [1.54, 1.807) is 0 Å². The van der Waals surface area contributed by atoms with Gasteiger partial charge in [-0.3, -0.25) is 0 Å². The maximum absolute atomic E-state index is 5.51. The smallest absolute Gasteiger partial charge is 0.0105 e. The predicted octanol–water partition coefficient (Wildman–Crippen LogP) is 1.66. The van der Waals surface area contributed by atoms with Crippen LogP contribution in [-0.4, -0.2) is 31.1 Å². The maximum atomic E-state index is 5.51. The summed E-state index contributed by atoms with van der Waals surface area (Å²) in [6.07, 6.45) is 5.87. The average Bonchev–Trinajstić information content (AvgIpc) is 2.32. The summed E-state index contributed by atoms with van der Waals surface area (Å²) in [6.45, 7) is 4.58. The molecule has 0 aromatic rings. The molecule has 2 fully saturated rings. The third-order valence-corrected chi connectivity index (χ3v) is 3.38. The van der Waals surface area contributed by atoms with E-state index in [-0.39, 0.29) is 24.8 Å². The van der Waals surface area contributed by atoms with Gasteiger partial charge in [-0.2, -0.15) is 0 Å². The highest BCUT2D eigenvalue weighted by molar-refractivity contribution is 5.85. The zero-order valence-electron chi connectivity index (χ0n) is 8.00. The molecule has 2 rings (SSSR count). The molecule has 2 N–H and O–H groups in total. The van der Waals surface area contributed by atoms with Crippen molar-refractivity contribution in [3.8, 4) is 0 Å². The minimum Gasteiger partial charge on any atom is -0.329 e. The maximum Gasteiger partial charge on any atom is 0.0105 e. The van der Waals surface area contributed by atoms with Crippen LogP contribution < -0.4 is 5.73 Å². The number of nitrogens with two attached hydrogens (primary N) is 1. The lowest BCUT2D eigenvalue weighted by molar-refractivity contribution is 0.140. The van der Waals surface area contributed by atoms with Crippen molar-refractivity contribution in [3.05, 3.63) is 0 Å². The van der Waals surface area contributed by atoms with Gasteiger partial charge in [0.2, 0.25) is 0 Å². The van der Waals surface area contributed by atoms with Gasteiger partial charge in [-0.15, -0.1) is 24.8 Å². The SMILES string of the molecule is Cl.Cl.NCCN1CCC2(CCC2)C1. The number of likely N-dealkylation sites (tertiary alicyclic amines) is 1. The molecule has 0 aromatic carbocycles. The molecule has 0 atom stereocenters. The van der Waals surface area contributed by atoms with Gasteiger partial charge in [0, 0.05) is 19.6 Å². The van der Waals surface area contributed by atoms with Crippen LogP contribution in [0, 0.1) is 5.41 Å². The molecule has 4 heteroatoms. The van der Waals surface area contributed by atoms with Crippen LogP contribution in [0.4, 0.5) is 0 Å². The first-order valence-corrected chi connectivity index (χ1v) is 4.77. The van der Waals surface area contributed by atoms with E-state index >= 15 is 0 Å².